The van der Waals surface area contributed by atoms with Crippen LogP contribution in [0.25, 0.3) is 0 Å². The van der Waals surface area contributed by atoms with E-state index in [9.17, 15) is 8.42 Å². The minimum absolute atomic E-state index is 0.0175. The standard InChI is InChI=1S/C12H21ClN4O2S/c1-9(2)5-10(17(3)4)6-16-20(18,19)11-7-14-12(13)15-8-11/h7-10,16H,5-6H2,1-4H3. The molecule has 20 heavy (non-hydrogen) atoms. The van der Waals surface area contributed by atoms with Crippen molar-refractivity contribution in [2.45, 2.75) is 31.2 Å². The zero-order chi connectivity index (χ0) is 15.3. The van der Waals surface area contributed by atoms with Gasteiger partial charge in [-0.25, -0.2) is 23.1 Å². The number of aromatic nitrogens is 2. The van der Waals surface area contributed by atoms with E-state index < -0.39 is 10.0 Å². The number of halogens is 1. The average Bonchev–Trinajstić information content (AvgIpc) is 2.34. The molecule has 0 aromatic carbocycles. The van der Waals surface area contributed by atoms with E-state index in [1.165, 1.54) is 12.4 Å². The highest BCUT2D eigenvalue weighted by Crippen LogP contribution is 2.11. The fraction of sp³-hybridized carbons (Fsp3) is 0.667. The smallest absolute Gasteiger partial charge is 0.243 e. The highest BCUT2D eigenvalue weighted by molar-refractivity contribution is 7.89. The van der Waals surface area contributed by atoms with E-state index in [1.807, 2.05) is 19.0 Å². The van der Waals surface area contributed by atoms with Gasteiger partial charge in [-0.1, -0.05) is 13.8 Å². The normalized spacial score (nSPS) is 13.9. The van der Waals surface area contributed by atoms with E-state index in [0.29, 0.717) is 12.5 Å². The van der Waals surface area contributed by atoms with Gasteiger partial charge in [0.25, 0.3) is 0 Å². The predicted octanol–water partition coefficient (Wildman–Crippen LogP) is 1.38. The predicted molar refractivity (Wildman–Crippen MR) is 79.2 cm³/mol. The molecule has 0 spiro atoms. The van der Waals surface area contributed by atoms with Gasteiger partial charge in [0.2, 0.25) is 15.3 Å². The van der Waals surface area contributed by atoms with Crippen molar-refractivity contribution in [3.63, 3.8) is 0 Å². The molecule has 1 heterocycles. The van der Waals surface area contributed by atoms with Gasteiger partial charge in [-0.3, -0.25) is 0 Å². The van der Waals surface area contributed by atoms with Gasteiger partial charge in [-0.2, -0.15) is 0 Å². The van der Waals surface area contributed by atoms with Gasteiger partial charge in [-0.15, -0.1) is 0 Å². The maximum absolute atomic E-state index is 12.1. The molecule has 0 fully saturated rings. The topological polar surface area (TPSA) is 75.2 Å². The molecule has 1 aromatic rings. The van der Waals surface area contributed by atoms with Crippen LogP contribution >= 0.6 is 11.6 Å². The summed E-state index contributed by atoms with van der Waals surface area (Å²) in [5, 5.41) is 0.0231. The monoisotopic (exact) mass is 320 g/mol. The average molecular weight is 321 g/mol. The summed E-state index contributed by atoms with van der Waals surface area (Å²) in [5.74, 6) is 0.491. The van der Waals surface area contributed by atoms with Crippen LogP contribution in [0.15, 0.2) is 17.3 Å². The van der Waals surface area contributed by atoms with Gasteiger partial charge >= 0.3 is 0 Å². The molecule has 1 rings (SSSR count). The molecule has 0 saturated carbocycles. The lowest BCUT2D eigenvalue weighted by Crippen LogP contribution is -2.41. The number of rotatable bonds is 7. The van der Waals surface area contributed by atoms with Crippen LogP contribution in [-0.4, -0.2) is 50.0 Å². The summed E-state index contributed by atoms with van der Waals surface area (Å²) >= 11 is 5.54. The van der Waals surface area contributed by atoms with Gasteiger partial charge in [0.1, 0.15) is 4.90 Å². The van der Waals surface area contributed by atoms with Gasteiger partial charge in [-0.05, 0) is 38.0 Å². The van der Waals surface area contributed by atoms with E-state index in [2.05, 4.69) is 28.5 Å². The maximum atomic E-state index is 12.1. The SMILES string of the molecule is CC(C)CC(CNS(=O)(=O)c1cnc(Cl)nc1)N(C)C. The molecular formula is C12H21ClN4O2S. The minimum Gasteiger partial charge on any atom is -0.305 e. The highest BCUT2D eigenvalue weighted by Gasteiger charge is 2.19. The zero-order valence-corrected chi connectivity index (χ0v) is 13.7. The lowest BCUT2D eigenvalue weighted by molar-refractivity contribution is 0.255. The second kappa shape index (κ2) is 7.31. The Labute approximate surface area is 125 Å². The maximum Gasteiger partial charge on any atom is 0.243 e. The first-order chi connectivity index (χ1) is 9.22. The first-order valence-electron chi connectivity index (χ1n) is 6.36. The van der Waals surface area contributed by atoms with Crippen LogP contribution in [0.5, 0.6) is 0 Å². The highest BCUT2D eigenvalue weighted by atomic mass is 35.5. The number of likely N-dealkylation sites (N-methyl/N-ethyl adjacent to an activating group) is 1. The fourth-order valence-electron chi connectivity index (χ4n) is 1.75. The molecular weight excluding hydrogens is 300 g/mol. The molecule has 0 radical (unpaired) electrons. The molecule has 0 aliphatic carbocycles. The number of sulfonamides is 1. The van der Waals surface area contributed by atoms with Crippen LogP contribution in [0.1, 0.15) is 20.3 Å². The number of hydrogen-bond donors (Lipinski definition) is 1. The van der Waals surface area contributed by atoms with Gasteiger partial charge < -0.3 is 4.90 Å². The summed E-state index contributed by atoms with van der Waals surface area (Å²) in [7, 11) is 0.273. The zero-order valence-electron chi connectivity index (χ0n) is 12.2. The molecule has 8 heteroatoms. The Morgan fingerprint density at radius 3 is 2.30 bits per heavy atom. The quantitative estimate of drug-likeness (QED) is 0.768. The molecule has 0 amide bonds. The lowest BCUT2D eigenvalue weighted by atomic mass is 10.0. The van der Waals surface area contributed by atoms with Crippen molar-refractivity contribution in [2.75, 3.05) is 20.6 Å². The fourth-order valence-corrected chi connectivity index (χ4v) is 2.81. The van der Waals surface area contributed by atoms with Crippen molar-refractivity contribution >= 4 is 21.6 Å². The molecule has 0 saturated heterocycles. The van der Waals surface area contributed by atoms with Gasteiger partial charge in [0.15, 0.2) is 0 Å². The lowest BCUT2D eigenvalue weighted by Gasteiger charge is -2.26. The first kappa shape index (κ1) is 17.3. The molecule has 1 atom stereocenters. The number of nitrogens with one attached hydrogen (secondary N) is 1. The Morgan fingerprint density at radius 1 is 1.30 bits per heavy atom. The molecule has 0 aliphatic rings. The Hall–Kier alpha value is -0.760. The van der Waals surface area contributed by atoms with Crippen molar-refractivity contribution in [3.8, 4) is 0 Å². The Bertz CT molecular complexity index is 517. The van der Waals surface area contributed by atoms with Crippen molar-refractivity contribution in [2.24, 2.45) is 5.92 Å². The summed E-state index contributed by atoms with van der Waals surface area (Å²) in [6, 6.07) is 0.137. The molecule has 1 unspecified atom stereocenters. The van der Waals surface area contributed by atoms with E-state index in [1.54, 1.807) is 0 Å². The number of hydrogen-bond acceptors (Lipinski definition) is 5. The minimum atomic E-state index is -3.60. The third-order valence-corrected chi connectivity index (χ3v) is 4.46. The van der Waals surface area contributed by atoms with Crippen LogP contribution in [0.4, 0.5) is 0 Å². The largest absolute Gasteiger partial charge is 0.305 e. The van der Waals surface area contributed by atoms with E-state index in [0.717, 1.165) is 6.42 Å². The summed E-state index contributed by atoms with van der Waals surface area (Å²) in [5.41, 5.74) is 0. The summed E-state index contributed by atoms with van der Waals surface area (Å²) in [6.45, 7) is 4.56. The van der Waals surface area contributed by atoms with Crippen LogP contribution in [0.2, 0.25) is 5.28 Å². The van der Waals surface area contributed by atoms with Crippen LogP contribution < -0.4 is 4.72 Å². The molecule has 0 bridgehead atoms. The Morgan fingerprint density at radius 2 is 1.85 bits per heavy atom. The number of nitrogens with zero attached hydrogens (tertiary/aromatic N) is 3. The molecule has 6 nitrogen and oxygen atoms in total. The second-order valence-electron chi connectivity index (χ2n) is 5.29. The molecule has 1 N–H and O–H groups in total. The van der Waals surface area contributed by atoms with Crippen molar-refractivity contribution in [1.29, 1.82) is 0 Å². The van der Waals surface area contributed by atoms with Crippen LogP contribution in [0, 0.1) is 5.92 Å². The van der Waals surface area contributed by atoms with E-state index in [-0.39, 0.29) is 16.2 Å². The third kappa shape index (κ3) is 5.32. The van der Waals surface area contributed by atoms with E-state index >= 15 is 0 Å². The van der Waals surface area contributed by atoms with Gasteiger partial charge in [0, 0.05) is 12.6 Å². The molecule has 1 aromatic heterocycles. The van der Waals surface area contributed by atoms with E-state index in [4.69, 9.17) is 11.6 Å². The summed E-state index contributed by atoms with van der Waals surface area (Å²) in [6.07, 6.45) is 3.31. The second-order valence-corrected chi connectivity index (χ2v) is 7.39. The van der Waals surface area contributed by atoms with Crippen molar-refractivity contribution in [1.82, 2.24) is 19.6 Å². The molecule has 0 aliphatic heterocycles. The summed E-state index contributed by atoms with van der Waals surface area (Å²) < 4.78 is 26.8. The van der Waals surface area contributed by atoms with Crippen LogP contribution in [0.3, 0.4) is 0 Å². The summed E-state index contributed by atoms with van der Waals surface area (Å²) in [4.78, 5) is 9.39. The first-order valence-corrected chi connectivity index (χ1v) is 8.22. The van der Waals surface area contributed by atoms with Crippen LogP contribution in [-0.2, 0) is 10.0 Å². The van der Waals surface area contributed by atoms with Crippen molar-refractivity contribution < 1.29 is 8.42 Å². The Kier molecular flexibility index (Phi) is 6.32. The third-order valence-electron chi connectivity index (χ3n) is 2.89. The Balaban J connectivity index is 2.73. The molecule has 114 valence electrons. The van der Waals surface area contributed by atoms with Crippen molar-refractivity contribution in [3.05, 3.63) is 17.7 Å². The van der Waals surface area contributed by atoms with Gasteiger partial charge in [0.05, 0.1) is 12.4 Å².